The fraction of sp³-hybridized carbons (Fsp3) is 0.176. The molecule has 7 heteroatoms. The van der Waals surface area contributed by atoms with Crippen molar-refractivity contribution in [2.24, 2.45) is 0 Å². The number of amides is 2. The summed E-state index contributed by atoms with van der Waals surface area (Å²) < 4.78 is 31.2. The van der Waals surface area contributed by atoms with E-state index in [-0.39, 0.29) is 11.7 Å². The highest BCUT2D eigenvalue weighted by Gasteiger charge is 2.10. The van der Waals surface area contributed by atoms with Crippen molar-refractivity contribution in [3.8, 4) is 5.75 Å². The van der Waals surface area contributed by atoms with Crippen LogP contribution in [-0.2, 0) is 4.79 Å². The average Bonchev–Trinajstić information content (AvgIpc) is 2.54. The lowest BCUT2D eigenvalue weighted by atomic mass is 10.2. The van der Waals surface area contributed by atoms with Crippen molar-refractivity contribution in [2.45, 2.75) is 6.92 Å². The van der Waals surface area contributed by atoms with Gasteiger partial charge in [0.1, 0.15) is 5.82 Å². The molecule has 0 aliphatic rings. The second-order valence-electron chi connectivity index (χ2n) is 4.85. The first-order chi connectivity index (χ1) is 11.5. The molecule has 2 aromatic rings. The van der Waals surface area contributed by atoms with Gasteiger partial charge >= 0.3 is 0 Å². The summed E-state index contributed by atoms with van der Waals surface area (Å²) in [6.45, 7) is 1.84. The summed E-state index contributed by atoms with van der Waals surface area (Å²) in [5.41, 5.74) is 0.812. The Bertz CT molecular complexity index is 750. The van der Waals surface area contributed by atoms with Crippen LogP contribution in [0.25, 0.3) is 0 Å². The second-order valence-corrected chi connectivity index (χ2v) is 4.85. The van der Waals surface area contributed by atoms with Crippen molar-refractivity contribution in [2.75, 3.05) is 18.5 Å². The van der Waals surface area contributed by atoms with Gasteiger partial charge in [0.25, 0.3) is 11.8 Å². The summed E-state index contributed by atoms with van der Waals surface area (Å²) in [6, 6.07) is 9.18. The van der Waals surface area contributed by atoms with Crippen molar-refractivity contribution in [1.29, 1.82) is 0 Å². The minimum Gasteiger partial charge on any atom is -0.481 e. The van der Waals surface area contributed by atoms with Gasteiger partial charge in [-0.15, -0.1) is 0 Å². The van der Waals surface area contributed by atoms with Gasteiger partial charge in [-0.1, -0.05) is 6.07 Å². The van der Waals surface area contributed by atoms with Gasteiger partial charge in [0.2, 0.25) is 0 Å². The van der Waals surface area contributed by atoms with Gasteiger partial charge in [-0.2, -0.15) is 0 Å². The topological polar surface area (TPSA) is 67.4 Å². The number of hydrogen-bond donors (Lipinski definition) is 2. The van der Waals surface area contributed by atoms with Crippen LogP contribution >= 0.6 is 0 Å². The predicted octanol–water partition coefficient (Wildman–Crippen LogP) is 2.73. The van der Waals surface area contributed by atoms with Crippen molar-refractivity contribution in [1.82, 2.24) is 5.32 Å². The van der Waals surface area contributed by atoms with E-state index in [1.165, 1.54) is 6.07 Å². The molecule has 0 atom stereocenters. The normalized spacial score (nSPS) is 10.1. The summed E-state index contributed by atoms with van der Waals surface area (Å²) in [6.07, 6.45) is 0. The van der Waals surface area contributed by atoms with E-state index in [1.807, 2.05) is 0 Å². The third-order valence-corrected chi connectivity index (χ3v) is 3.00. The molecule has 0 saturated heterocycles. The Hall–Kier alpha value is -2.96. The zero-order valence-electron chi connectivity index (χ0n) is 12.9. The largest absolute Gasteiger partial charge is 0.481 e. The number of carbonyl (C=O) groups is 2. The van der Waals surface area contributed by atoms with Gasteiger partial charge in [0, 0.05) is 23.9 Å². The van der Waals surface area contributed by atoms with Crippen LogP contribution in [0.2, 0.25) is 0 Å². The van der Waals surface area contributed by atoms with E-state index in [0.29, 0.717) is 23.9 Å². The molecule has 0 aliphatic heterocycles. The highest BCUT2D eigenvalue weighted by Crippen LogP contribution is 2.17. The molecular formula is C17H16F2N2O3. The van der Waals surface area contributed by atoms with Gasteiger partial charge in [-0.05, 0) is 37.3 Å². The summed E-state index contributed by atoms with van der Waals surface area (Å²) in [7, 11) is 0. The van der Waals surface area contributed by atoms with E-state index in [4.69, 9.17) is 4.74 Å². The average molecular weight is 334 g/mol. The first-order valence-electron chi connectivity index (χ1n) is 7.25. The Morgan fingerprint density at radius 3 is 2.62 bits per heavy atom. The Morgan fingerprint density at radius 2 is 1.92 bits per heavy atom. The van der Waals surface area contributed by atoms with E-state index in [2.05, 4.69) is 10.6 Å². The van der Waals surface area contributed by atoms with Crippen LogP contribution < -0.4 is 15.4 Å². The van der Waals surface area contributed by atoms with Gasteiger partial charge in [-0.3, -0.25) is 9.59 Å². The molecule has 24 heavy (non-hydrogen) atoms. The van der Waals surface area contributed by atoms with Crippen molar-refractivity contribution in [3.05, 3.63) is 59.7 Å². The highest BCUT2D eigenvalue weighted by atomic mass is 19.1. The predicted molar refractivity (Wildman–Crippen MR) is 84.9 cm³/mol. The third-order valence-electron chi connectivity index (χ3n) is 3.00. The Labute approximate surface area is 137 Å². The number of anilines is 1. The highest BCUT2D eigenvalue weighted by molar-refractivity contribution is 5.97. The number of nitrogens with one attached hydrogen (secondary N) is 2. The molecule has 0 bridgehead atoms. The molecule has 0 unspecified atom stereocenters. The second kappa shape index (κ2) is 8.05. The number of benzene rings is 2. The van der Waals surface area contributed by atoms with Crippen LogP contribution in [0.5, 0.6) is 5.75 Å². The molecule has 0 saturated carbocycles. The Kier molecular flexibility index (Phi) is 5.83. The van der Waals surface area contributed by atoms with E-state index >= 15 is 0 Å². The van der Waals surface area contributed by atoms with Crippen LogP contribution in [0.3, 0.4) is 0 Å². The molecule has 0 radical (unpaired) electrons. The molecule has 0 aliphatic carbocycles. The molecule has 2 amide bonds. The number of carbonyl (C=O) groups excluding carboxylic acids is 2. The van der Waals surface area contributed by atoms with E-state index in [9.17, 15) is 18.4 Å². The van der Waals surface area contributed by atoms with Crippen molar-refractivity contribution < 1.29 is 23.1 Å². The molecule has 2 rings (SSSR count). The van der Waals surface area contributed by atoms with E-state index in [0.717, 1.165) is 12.1 Å². The molecule has 0 spiro atoms. The van der Waals surface area contributed by atoms with Crippen LogP contribution in [0, 0.1) is 11.6 Å². The van der Waals surface area contributed by atoms with Crippen molar-refractivity contribution in [3.63, 3.8) is 0 Å². The van der Waals surface area contributed by atoms with Gasteiger partial charge in [-0.25, -0.2) is 8.78 Å². The summed E-state index contributed by atoms with van der Waals surface area (Å²) in [4.78, 5) is 23.6. The summed E-state index contributed by atoms with van der Waals surface area (Å²) in [5.74, 6) is -2.62. The molecule has 5 nitrogen and oxygen atoms in total. The lowest BCUT2D eigenvalue weighted by Crippen LogP contribution is -2.23. The zero-order valence-corrected chi connectivity index (χ0v) is 12.9. The molecule has 0 aromatic heterocycles. The van der Waals surface area contributed by atoms with Gasteiger partial charge < -0.3 is 15.4 Å². The lowest BCUT2D eigenvalue weighted by molar-refractivity contribution is -0.118. The number of hydrogen-bond acceptors (Lipinski definition) is 3. The fourth-order valence-electron chi connectivity index (χ4n) is 1.93. The third kappa shape index (κ3) is 4.77. The fourth-order valence-corrected chi connectivity index (χ4v) is 1.93. The number of rotatable bonds is 6. The first kappa shape index (κ1) is 17.4. The molecular weight excluding hydrogens is 318 g/mol. The summed E-state index contributed by atoms with van der Waals surface area (Å²) in [5, 5.41) is 5.19. The Balaban J connectivity index is 1.95. The zero-order chi connectivity index (χ0) is 17.5. The quantitative estimate of drug-likeness (QED) is 0.853. The molecule has 126 valence electrons. The summed E-state index contributed by atoms with van der Waals surface area (Å²) >= 11 is 0. The monoisotopic (exact) mass is 334 g/mol. The SMILES string of the molecule is CCNC(=O)c1cccc(NC(=O)COc2ccc(F)cc2F)c1. The Morgan fingerprint density at radius 1 is 1.12 bits per heavy atom. The first-order valence-corrected chi connectivity index (χ1v) is 7.25. The maximum Gasteiger partial charge on any atom is 0.262 e. The minimum absolute atomic E-state index is 0.220. The van der Waals surface area contributed by atoms with Gasteiger partial charge in [0.05, 0.1) is 0 Å². The maximum atomic E-state index is 13.4. The number of ether oxygens (including phenoxy) is 1. The standard InChI is InChI=1S/C17H16F2N2O3/c1-2-20-17(23)11-4-3-5-13(8-11)21-16(22)10-24-15-7-6-12(18)9-14(15)19/h3-9H,2,10H2,1H3,(H,20,23)(H,21,22). The van der Waals surface area contributed by atoms with E-state index in [1.54, 1.807) is 25.1 Å². The molecule has 0 fully saturated rings. The van der Waals surface area contributed by atoms with Crippen LogP contribution in [0.15, 0.2) is 42.5 Å². The molecule has 2 N–H and O–H groups in total. The lowest BCUT2D eigenvalue weighted by Gasteiger charge is -2.09. The van der Waals surface area contributed by atoms with Crippen LogP contribution in [-0.4, -0.2) is 25.0 Å². The maximum absolute atomic E-state index is 13.4. The van der Waals surface area contributed by atoms with Crippen LogP contribution in [0.4, 0.5) is 14.5 Å². The van der Waals surface area contributed by atoms with Crippen molar-refractivity contribution >= 4 is 17.5 Å². The van der Waals surface area contributed by atoms with Gasteiger partial charge in [0.15, 0.2) is 18.2 Å². The smallest absolute Gasteiger partial charge is 0.262 e. The molecule has 0 heterocycles. The minimum atomic E-state index is -0.888. The number of halogens is 2. The van der Waals surface area contributed by atoms with E-state index < -0.39 is 24.1 Å². The molecule has 2 aromatic carbocycles. The van der Waals surface area contributed by atoms with Crippen LogP contribution in [0.1, 0.15) is 17.3 Å².